The molecule has 0 aliphatic carbocycles. The summed E-state index contributed by atoms with van der Waals surface area (Å²) in [6, 6.07) is 5.01. The summed E-state index contributed by atoms with van der Waals surface area (Å²) in [7, 11) is -2.29. The minimum absolute atomic E-state index is 0.0392. The molecule has 1 aromatic carbocycles. The van der Waals surface area contributed by atoms with E-state index in [0.29, 0.717) is 17.0 Å². The van der Waals surface area contributed by atoms with Crippen LogP contribution < -0.4 is 15.2 Å². The van der Waals surface area contributed by atoms with E-state index in [-0.39, 0.29) is 5.84 Å². The topological polar surface area (TPSA) is 93.8 Å². The van der Waals surface area contributed by atoms with Crippen molar-refractivity contribution in [2.45, 2.75) is 0 Å². The number of rotatable bonds is 1. The van der Waals surface area contributed by atoms with E-state index in [1.54, 1.807) is 18.2 Å². The van der Waals surface area contributed by atoms with Crippen LogP contribution in [-0.2, 0) is 10.2 Å². The Labute approximate surface area is 87.0 Å². The van der Waals surface area contributed by atoms with Crippen molar-refractivity contribution in [2.75, 3.05) is 11.8 Å². The minimum atomic E-state index is -3.74. The quantitative estimate of drug-likeness (QED) is 0.710. The highest BCUT2D eigenvalue weighted by molar-refractivity contribution is 7.91. The fraction of sp³-hybridized carbons (Fsp3) is 0.125. The first kappa shape index (κ1) is 9.78. The molecule has 1 aliphatic heterocycles. The molecule has 1 heterocycles. The molecule has 1 aliphatic rings. The first-order valence-corrected chi connectivity index (χ1v) is 5.53. The van der Waals surface area contributed by atoms with Crippen molar-refractivity contribution in [1.82, 2.24) is 0 Å². The third-order valence-electron chi connectivity index (χ3n) is 1.97. The van der Waals surface area contributed by atoms with Gasteiger partial charge in [0.1, 0.15) is 17.3 Å². The summed E-state index contributed by atoms with van der Waals surface area (Å²) in [4.78, 5) is 0. The predicted molar refractivity (Wildman–Crippen MR) is 56.3 cm³/mol. The zero-order valence-electron chi connectivity index (χ0n) is 7.89. The van der Waals surface area contributed by atoms with Crippen molar-refractivity contribution in [1.29, 1.82) is 0 Å². The van der Waals surface area contributed by atoms with E-state index in [0.717, 1.165) is 0 Å². The van der Waals surface area contributed by atoms with Crippen LogP contribution in [0.2, 0.25) is 0 Å². The second-order valence-corrected chi connectivity index (χ2v) is 4.27. The third kappa shape index (κ3) is 1.61. The van der Waals surface area contributed by atoms with Crippen LogP contribution in [0, 0.1) is 0 Å². The predicted octanol–water partition coefficient (Wildman–Crippen LogP) is 0.0708. The lowest BCUT2D eigenvalue weighted by atomic mass is 10.1. The molecule has 0 radical (unpaired) electrons. The molecule has 6 nitrogen and oxygen atoms in total. The fourth-order valence-corrected chi connectivity index (χ4v) is 2.22. The van der Waals surface area contributed by atoms with Gasteiger partial charge in [-0.15, -0.1) is 4.40 Å². The number of anilines is 1. The minimum Gasteiger partial charge on any atom is -0.495 e. The SMILES string of the molecule is COc1cccc2c1NS(=O)(=O)N=C2N. The van der Waals surface area contributed by atoms with Gasteiger partial charge < -0.3 is 10.5 Å². The maximum atomic E-state index is 11.3. The second-order valence-electron chi connectivity index (χ2n) is 2.94. The van der Waals surface area contributed by atoms with Crippen molar-refractivity contribution in [2.24, 2.45) is 10.1 Å². The van der Waals surface area contributed by atoms with E-state index < -0.39 is 10.2 Å². The molecule has 0 aromatic heterocycles. The lowest BCUT2D eigenvalue weighted by molar-refractivity contribution is 0.416. The summed E-state index contributed by atoms with van der Waals surface area (Å²) >= 11 is 0. The molecule has 7 heteroatoms. The first-order valence-electron chi connectivity index (χ1n) is 4.09. The molecule has 3 N–H and O–H groups in total. The van der Waals surface area contributed by atoms with Gasteiger partial charge in [0, 0.05) is 5.56 Å². The average Bonchev–Trinajstić information content (AvgIpc) is 2.15. The van der Waals surface area contributed by atoms with E-state index >= 15 is 0 Å². The number of hydrogen-bond acceptors (Lipinski definition) is 4. The average molecular weight is 227 g/mol. The molecule has 0 atom stereocenters. The Kier molecular flexibility index (Phi) is 2.04. The molecule has 0 bridgehead atoms. The Balaban J connectivity index is 2.70. The Hall–Kier alpha value is -1.76. The lowest BCUT2D eigenvalue weighted by Crippen LogP contribution is -2.26. The molecule has 15 heavy (non-hydrogen) atoms. The Morgan fingerprint density at radius 1 is 1.47 bits per heavy atom. The summed E-state index contributed by atoms with van der Waals surface area (Å²) in [5.74, 6) is 0.372. The van der Waals surface area contributed by atoms with E-state index in [1.807, 2.05) is 0 Å². The molecule has 0 amide bonds. The van der Waals surface area contributed by atoms with Crippen LogP contribution in [-0.4, -0.2) is 21.4 Å². The fourth-order valence-electron chi connectivity index (χ4n) is 1.35. The summed E-state index contributed by atoms with van der Waals surface area (Å²) in [6.07, 6.45) is 0. The molecule has 2 rings (SSSR count). The highest BCUT2D eigenvalue weighted by Gasteiger charge is 2.23. The molecule has 0 saturated heterocycles. The van der Waals surface area contributed by atoms with Crippen molar-refractivity contribution in [3.8, 4) is 5.75 Å². The van der Waals surface area contributed by atoms with E-state index in [4.69, 9.17) is 10.5 Å². The number of para-hydroxylation sites is 1. The molecular formula is C8H9N3O3S. The molecule has 0 spiro atoms. The number of methoxy groups -OCH3 is 1. The van der Waals surface area contributed by atoms with Crippen LogP contribution in [0.1, 0.15) is 5.56 Å². The zero-order valence-corrected chi connectivity index (χ0v) is 8.71. The standard InChI is InChI=1S/C8H9N3O3S/c1-14-6-4-2-3-5-7(6)10-15(12,13)11-8(5)9/h2-4,10H,1H3,(H2,9,11). The summed E-state index contributed by atoms with van der Waals surface area (Å²) < 4.78 is 33.1. The number of hydrogen-bond donors (Lipinski definition) is 2. The van der Waals surface area contributed by atoms with Crippen LogP contribution in [0.15, 0.2) is 22.6 Å². The number of ether oxygens (including phenoxy) is 1. The van der Waals surface area contributed by atoms with Crippen LogP contribution >= 0.6 is 0 Å². The van der Waals surface area contributed by atoms with Crippen LogP contribution in [0.3, 0.4) is 0 Å². The normalized spacial score (nSPS) is 17.3. The van der Waals surface area contributed by atoms with Gasteiger partial charge in [0.2, 0.25) is 0 Å². The third-order valence-corrected chi connectivity index (χ3v) is 2.87. The number of nitrogens with zero attached hydrogens (tertiary/aromatic N) is 1. The van der Waals surface area contributed by atoms with Crippen molar-refractivity contribution in [3.63, 3.8) is 0 Å². The molecular weight excluding hydrogens is 218 g/mol. The maximum absolute atomic E-state index is 11.3. The van der Waals surface area contributed by atoms with Gasteiger partial charge >= 0.3 is 10.2 Å². The van der Waals surface area contributed by atoms with Crippen molar-refractivity contribution < 1.29 is 13.2 Å². The number of nitrogens with one attached hydrogen (secondary N) is 1. The molecule has 1 aromatic rings. The largest absolute Gasteiger partial charge is 0.495 e. The van der Waals surface area contributed by atoms with E-state index in [2.05, 4.69) is 9.12 Å². The number of benzene rings is 1. The van der Waals surface area contributed by atoms with Crippen LogP contribution in [0.5, 0.6) is 5.75 Å². The Morgan fingerprint density at radius 3 is 2.87 bits per heavy atom. The summed E-state index contributed by atoms with van der Waals surface area (Å²) in [5.41, 5.74) is 6.36. The van der Waals surface area contributed by atoms with Gasteiger partial charge in [-0.25, -0.2) is 0 Å². The van der Waals surface area contributed by atoms with E-state index in [1.165, 1.54) is 7.11 Å². The van der Waals surface area contributed by atoms with Gasteiger partial charge in [0.15, 0.2) is 0 Å². The zero-order chi connectivity index (χ0) is 11.1. The maximum Gasteiger partial charge on any atom is 0.344 e. The summed E-state index contributed by atoms with van der Waals surface area (Å²) in [6.45, 7) is 0. The van der Waals surface area contributed by atoms with Gasteiger partial charge in [-0.1, -0.05) is 6.07 Å². The van der Waals surface area contributed by atoms with Crippen molar-refractivity contribution >= 4 is 21.7 Å². The lowest BCUT2D eigenvalue weighted by Gasteiger charge is -2.17. The second kappa shape index (κ2) is 3.13. The highest BCUT2D eigenvalue weighted by Crippen LogP contribution is 2.31. The van der Waals surface area contributed by atoms with Gasteiger partial charge in [-0.05, 0) is 12.1 Å². The number of fused-ring (bicyclic) bond motifs is 1. The Bertz CT molecular complexity index is 536. The number of nitrogens with two attached hydrogens (primary N) is 1. The van der Waals surface area contributed by atoms with Gasteiger partial charge in [0.25, 0.3) is 0 Å². The molecule has 0 unspecified atom stereocenters. The smallest absolute Gasteiger partial charge is 0.344 e. The molecule has 80 valence electrons. The molecule has 0 saturated carbocycles. The van der Waals surface area contributed by atoms with Crippen molar-refractivity contribution in [3.05, 3.63) is 23.8 Å². The van der Waals surface area contributed by atoms with E-state index in [9.17, 15) is 8.42 Å². The summed E-state index contributed by atoms with van der Waals surface area (Å²) in [5, 5.41) is 0. The first-order chi connectivity index (χ1) is 7.03. The highest BCUT2D eigenvalue weighted by atomic mass is 32.2. The van der Waals surface area contributed by atoms with Crippen LogP contribution in [0.25, 0.3) is 0 Å². The molecule has 0 fully saturated rings. The van der Waals surface area contributed by atoms with Crippen LogP contribution in [0.4, 0.5) is 5.69 Å². The monoisotopic (exact) mass is 227 g/mol. The Morgan fingerprint density at radius 2 is 2.20 bits per heavy atom. The number of amidine groups is 1. The van der Waals surface area contributed by atoms with Gasteiger partial charge in [-0.3, -0.25) is 4.72 Å². The van der Waals surface area contributed by atoms with Gasteiger partial charge in [-0.2, -0.15) is 8.42 Å². The van der Waals surface area contributed by atoms with Gasteiger partial charge in [0.05, 0.1) is 7.11 Å².